The molecule has 0 fully saturated rings. The third-order valence-electron chi connectivity index (χ3n) is 1.90. The zero-order valence-electron chi connectivity index (χ0n) is 8.88. The van der Waals surface area contributed by atoms with E-state index in [1.807, 2.05) is 20.0 Å². The van der Waals surface area contributed by atoms with Crippen LogP contribution in [-0.4, -0.2) is 24.7 Å². The van der Waals surface area contributed by atoms with E-state index in [-0.39, 0.29) is 0 Å². The van der Waals surface area contributed by atoms with Gasteiger partial charge < -0.3 is 0 Å². The zero-order chi connectivity index (χ0) is 11.5. The molecule has 0 aliphatic heterocycles. The van der Waals surface area contributed by atoms with Crippen LogP contribution in [0.2, 0.25) is 0 Å². The van der Waals surface area contributed by atoms with E-state index in [1.165, 1.54) is 18.1 Å². The normalized spacial score (nSPS) is 10.7. The molecule has 0 unspecified atom stereocenters. The van der Waals surface area contributed by atoms with Gasteiger partial charge in [0.15, 0.2) is 5.16 Å². The van der Waals surface area contributed by atoms with E-state index in [4.69, 9.17) is 0 Å². The topological polar surface area (TPSA) is 56.5 Å². The highest BCUT2D eigenvalue weighted by atomic mass is 79.9. The molecule has 5 nitrogen and oxygen atoms in total. The second-order valence-corrected chi connectivity index (χ2v) is 4.87. The maximum absolute atomic E-state index is 4.41. The number of rotatable bonds is 3. The molecule has 0 atom stereocenters. The average molecular weight is 300 g/mol. The van der Waals surface area contributed by atoms with Gasteiger partial charge in [-0.2, -0.15) is 5.10 Å². The molecule has 0 N–H and O–H groups in total. The zero-order valence-corrected chi connectivity index (χ0v) is 11.3. The van der Waals surface area contributed by atoms with Crippen LogP contribution in [0.1, 0.15) is 12.7 Å². The van der Waals surface area contributed by atoms with Crippen LogP contribution in [0.5, 0.6) is 0 Å². The Kier molecular flexibility index (Phi) is 3.55. The smallest absolute Gasteiger partial charge is 0.192 e. The average Bonchev–Trinajstić information content (AvgIpc) is 2.63. The van der Waals surface area contributed by atoms with Crippen molar-refractivity contribution in [3.8, 4) is 0 Å². The third kappa shape index (κ3) is 2.59. The number of nitrogens with zero attached hydrogens (tertiary/aromatic N) is 5. The van der Waals surface area contributed by atoms with E-state index in [0.29, 0.717) is 0 Å². The van der Waals surface area contributed by atoms with Crippen LogP contribution in [0.25, 0.3) is 0 Å². The van der Waals surface area contributed by atoms with Crippen molar-refractivity contribution < 1.29 is 0 Å². The maximum atomic E-state index is 4.41. The summed E-state index contributed by atoms with van der Waals surface area (Å²) in [6.45, 7) is 2.03. The van der Waals surface area contributed by atoms with Crippen molar-refractivity contribution in [2.24, 2.45) is 7.05 Å². The molecule has 0 amide bonds. The quantitative estimate of drug-likeness (QED) is 0.812. The number of hydrogen-bond donors (Lipinski definition) is 0. The molecule has 2 aromatic heterocycles. The van der Waals surface area contributed by atoms with E-state index in [1.54, 1.807) is 4.68 Å². The van der Waals surface area contributed by atoms with Crippen molar-refractivity contribution >= 4 is 27.7 Å². The molecule has 7 heteroatoms. The van der Waals surface area contributed by atoms with Gasteiger partial charge in [0.1, 0.15) is 21.8 Å². The second-order valence-electron chi connectivity index (χ2n) is 3.07. The van der Waals surface area contributed by atoms with Gasteiger partial charge in [-0.15, -0.1) is 0 Å². The Hall–Kier alpha value is -0.950. The second kappa shape index (κ2) is 4.92. The van der Waals surface area contributed by atoms with Crippen molar-refractivity contribution in [2.75, 3.05) is 0 Å². The number of hydrogen-bond acceptors (Lipinski definition) is 5. The molecular weight excluding hydrogens is 290 g/mol. The van der Waals surface area contributed by atoms with Gasteiger partial charge in [-0.3, -0.25) is 0 Å². The summed E-state index contributed by atoms with van der Waals surface area (Å²) in [4.78, 5) is 12.8. The fourth-order valence-corrected chi connectivity index (χ4v) is 2.48. The van der Waals surface area contributed by atoms with Crippen molar-refractivity contribution in [2.45, 2.75) is 23.5 Å². The molecule has 0 spiro atoms. The summed E-state index contributed by atoms with van der Waals surface area (Å²) >= 11 is 4.84. The van der Waals surface area contributed by atoms with Crippen molar-refractivity contribution in [3.05, 3.63) is 22.8 Å². The summed E-state index contributed by atoms with van der Waals surface area (Å²) in [7, 11) is 1.85. The molecule has 0 aliphatic carbocycles. The fourth-order valence-electron chi connectivity index (χ4n) is 1.12. The lowest BCUT2D eigenvalue weighted by molar-refractivity contribution is 0.684. The molecule has 0 aromatic carbocycles. The molecule has 16 heavy (non-hydrogen) atoms. The van der Waals surface area contributed by atoms with Gasteiger partial charge in [0.2, 0.25) is 0 Å². The van der Waals surface area contributed by atoms with Gasteiger partial charge in [0, 0.05) is 19.5 Å². The first-order valence-electron chi connectivity index (χ1n) is 4.74. The van der Waals surface area contributed by atoms with Gasteiger partial charge in [-0.25, -0.2) is 19.6 Å². The summed E-state index contributed by atoms with van der Waals surface area (Å²) < 4.78 is 2.51. The molecule has 0 bridgehead atoms. The molecule has 84 valence electrons. The molecule has 0 radical (unpaired) electrons. The first kappa shape index (κ1) is 11.5. The molecule has 2 heterocycles. The summed E-state index contributed by atoms with van der Waals surface area (Å²) in [6, 6.07) is 1.87. The van der Waals surface area contributed by atoms with Crippen LogP contribution in [0.4, 0.5) is 0 Å². The highest BCUT2D eigenvalue weighted by Crippen LogP contribution is 2.25. The largest absolute Gasteiger partial charge is 0.244 e. The van der Waals surface area contributed by atoms with Crippen LogP contribution in [0.15, 0.2) is 27.2 Å². The Labute approximate surface area is 106 Å². The van der Waals surface area contributed by atoms with Crippen LogP contribution >= 0.6 is 27.7 Å². The van der Waals surface area contributed by atoms with Crippen LogP contribution in [-0.2, 0) is 13.5 Å². The Balaban J connectivity index is 2.28. The Morgan fingerprint density at radius 2 is 2.25 bits per heavy atom. The van der Waals surface area contributed by atoms with Crippen molar-refractivity contribution in [1.82, 2.24) is 24.7 Å². The van der Waals surface area contributed by atoms with Crippen LogP contribution in [0.3, 0.4) is 0 Å². The van der Waals surface area contributed by atoms with Gasteiger partial charge in [-0.05, 0) is 27.7 Å². The van der Waals surface area contributed by atoms with Crippen molar-refractivity contribution in [3.63, 3.8) is 0 Å². The number of aryl methyl sites for hydroxylation is 2. The van der Waals surface area contributed by atoms with Crippen molar-refractivity contribution in [1.29, 1.82) is 0 Å². The lowest BCUT2D eigenvalue weighted by Gasteiger charge is -2.02. The molecule has 2 rings (SSSR count). The van der Waals surface area contributed by atoms with Gasteiger partial charge in [0.05, 0.1) is 0 Å². The maximum Gasteiger partial charge on any atom is 0.192 e. The van der Waals surface area contributed by atoms with Gasteiger partial charge in [0.25, 0.3) is 0 Å². The highest BCUT2D eigenvalue weighted by Gasteiger charge is 2.07. The summed E-state index contributed by atoms with van der Waals surface area (Å²) in [5.41, 5.74) is 0. The minimum Gasteiger partial charge on any atom is -0.244 e. The Bertz CT molecular complexity index is 498. The first-order chi connectivity index (χ1) is 7.69. The predicted octanol–water partition coefficient (Wildman–Crippen LogP) is 2.08. The summed E-state index contributed by atoms with van der Waals surface area (Å²) in [5.74, 6) is 0.819. The molecule has 0 saturated heterocycles. The Morgan fingerprint density at radius 1 is 1.44 bits per heavy atom. The molecule has 2 aromatic rings. The Morgan fingerprint density at radius 3 is 2.88 bits per heavy atom. The first-order valence-corrected chi connectivity index (χ1v) is 6.35. The number of aromatic nitrogens is 5. The minimum atomic E-state index is 0.795. The molecular formula is C9H10BrN5S. The highest BCUT2D eigenvalue weighted by molar-refractivity contribution is 9.10. The van der Waals surface area contributed by atoms with E-state index in [2.05, 4.69) is 36.0 Å². The SMILES string of the molecule is CCc1nc(Br)cc(Sc2ncnn2C)n1. The van der Waals surface area contributed by atoms with E-state index in [9.17, 15) is 0 Å². The van der Waals surface area contributed by atoms with Gasteiger partial charge >= 0.3 is 0 Å². The van der Waals surface area contributed by atoms with E-state index in [0.717, 1.165) is 27.0 Å². The monoisotopic (exact) mass is 299 g/mol. The van der Waals surface area contributed by atoms with Gasteiger partial charge in [-0.1, -0.05) is 6.92 Å². The summed E-state index contributed by atoms with van der Waals surface area (Å²) in [6.07, 6.45) is 2.34. The molecule has 0 saturated carbocycles. The summed E-state index contributed by atoms with van der Waals surface area (Å²) in [5, 5.41) is 5.69. The minimum absolute atomic E-state index is 0.795. The van der Waals surface area contributed by atoms with Crippen LogP contribution < -0.4 is 0 Å². The van der Waals surface area contributed by atoms with E-state index >= 15 is 0 Å². The number of halogens is 1. The standard InChI is InChI=1S/C9H10BrN5S/c1-3-7-13-6(10)4-8(14-7)16-9-11-5-12-15(9)2/h4-5H,3H2,1-2H3. The molecule has 0 aliphatic rings. The lowest BCUT2D eigenvalue weighted by Crippen LogP contribution is -1.97. The van der Waals surface area contributed by atoms with Crippen LogP contribution in [0, 0.1) is 0 Å². The fraction of sp³-hybridized carbons (Fsp3) is 0.333. The van der Waals surface area contributed by atoms with E-state index < -0.39 is 0 Å². The predicted molar refractivity (Wildman–Crippen MR) is 64.2 cm³/mol. The lowest BCUT2D eigenvalue weighted by atomic mass is 10.4. The third-order valence-corrected chi connectivity index (χ3v) is 3.28.